The summed E-state index contributed by atoms with van der Waals surface area (Å²) in [5.74, 6) is 0.816. The summed E-state index contributed by atoms with van der Waals surface area (Å²) in [5, 5.41) is 13.1. The zero-order chi connectivity index (χ0) is 15.5. The highest BCUT2D eigenvalue weighted by molar-refractivity contribution is 5.79. The molecule has 0 aromatic rings. The lowest BCUT2D eigenvalue weighted by atomic mass is 9.77. The molecule has 2 aliphatic rings. The van der Waals surface area contributed by atoms with Gasteiger partial charge < -0.3 is 10.4 Å². The van der Waals surface area contributed by atoms with Gasteiger partial charge in [0, 0.05) is 19.1 Å². The van der Waals surface area contributed by atoms with E-state index in [1.54, 1.807) is 0 Å². The lowest BCUT2D eigenvalue weighted by Crippen LogP contribution is -2.59. The molecule has 0 amide bonds. The van der Waals surface area contributed by atoms with Gasteiger partial charge in [-0.2, -0.15) is 0 Å². The standard InChI is InChI=1S/C17H32N2O2/c1-4-8-18-17(16(20)21)7-5-6-15(10-17)19-11-13(2)9-14(3)12-19/h13-15,18H,4-12H2,1-3H3,(H,20,21). The van der Waals surface area contributed by atoms with E-state index in [4.69, 9.17) is 0 Å². The maximum absolute atomic E-state index is 11.9. The van der Waals surface area contributed by atoms with Crippen molar-refractivity contribution in [3.05, 3.63) is 0 Å². The van der Waals surface area contributed by atoms with E-state index in [0.717, 1.165) is 63.6 Å². The molecule has 1 heterocycles. The smallest absolute Gasteiger partial charge is 0.323 e. The third-order valence-corrected chi connectivity index (χ3v) is 5.26. The van der Waals surface area contributed by atoms with Crippen molar-refractivity contribution in [2.45, 2.75) is 70.9 Å². The number of hydrogen-bond donors (Lipinski definition) is 2. The van der Waals surface area contributed by atoms with Gasteiger partial charge in [-0.3, -0.25) is 9.69 Å². The molecule has 0 bridgehead atoms. The number of rotatable bonds is 5. The third-order valence-electron chi connectivity index (χ3n) is 5.26. The number of carboxylic acid groups (broad SMARTS) is 1. The molecule has 0 spiro atoms. The summed E-state index contributed by atoms with van der Waals surface area (Å²) in [6, 6.07) is 0.435. The molecule has 1 saturated carbocycles. The van der Waals surface area contributed by atoms with Gasteiger partial charge >= 0.3 is 5.97 Å². The maximum atomic E-state index is 11.9. The molecule has 0 aromatic carbocycles. The van der Waals surface area contributed by atoms with Gasteiger partial charge in [-0.15, -0.1) is 0 Å². The first-order chi connectivity index (χ1) is 9.97. The average molecular weight is 296 g/mol. The first-order valence-electron chi connectivity index (χ1n) is 8.69. The van der Waals surface area contributed by atoms with Gasteiger partial charge in [0.1, 0.15) is 5.54 Å². The fraction of sp³-hybridized carbons (Fsp3) is 0.941. The summed E-state index contributed by atoms with van der Waals surface area (Å²) < 4.78 is 0. The van der Waals surface area contributed by atoms with E-state index in [9.17, 15) is 9.90 Å². The van der Waals surface area contributed by atoms with Gasteiger partial charge in [0.05, 0.1) is 0 Å². The van der Waals surface area contributed by atoms with Crippen LogP contribution in [0.4, 0.5) is 0 Å². The third kappa shape index (κ3) is 3.98. The minimum Gasteiger partial charge on any atom is -0.480 e. The van der Waals surface area contributed by atoms with Gasteiger partial charge in [0.2, 0.25) is 0 Å². The minimum atomic E-state index is -0.692. The Hall–Kier alpha value is -0.610. The Morgan fingerprint density at radius 2 is 2.00 bits per heavy atom. The van der Waals surface area contributed by atoms with Crippen LogP contribution < -0.4 is 5.32 Å². The molecule has 2 rings (SSSR count). The molecular weight excluding hydrogens is 264 g/mol. The Morgan fingerprint density at radius 1 is 1.33 bits per heavy atom. The summed E-state index contributed by atoms with van der Waals surface area (Å²) in [7, 11) is 0. The molecule has 4 heteroatoms. The van der Waals surface area contributed by atoms with Crippen LogP contribution >= 0.6 is 0 Å². The topological polar surface area (TPSA) is 52.6 Å². The highest BCUT2D eigenvalue weighted by atomic mass is 16.4. The molecule has 1 aliphatic carbocycles. The van der Waals surface area contributed by atoms with Crippen molar-refractivity contribution in [2.24, 2.45) is 11.8 Å². The first kappa shape index (κ1) is 16.8. The first-order valence-corrected chi connectivity index (χ1v) is 8.69. The van der Waals surface area contributed by atoms with E-state index < -0.39 is 11.5 Å². The molecule has 4 unspecified atom stereocenters. The van der Waals surface area contributed by atoms with Crippen LogP contribution in [0.25, 0.3) is 0 Å². The van der Waals surface area contributed by atoms with Gasteiger partial charge in [-0.25, -0.2) is 0 Å². The van der Waals surface area contributed by atoms with E-state index in [1.807, 2.05) is 0 Å². The fourth-order valence-corrected chi connectivity index (χ4v) is 4.36. The van der Waals surface area contributed by atoms with Crippen molar-refractivity contribution in [1.29, 1.82) is 0 Å². The molecule has 2 fully saturated rings. The van der Waals surface area contributed by atoms with Crippen molar-refractivity contribution in [3.8, 4) is 0 Å². The van der Waals surface area contributed by atoms with E-state index >= 15 is 0 Å². The van der Waals surface area contributed by atoms with Crippen LogP contribution in [0.2, 0.25) is 0 Å². The zero-order valence-corrected chi connectivity index (χ0v) is 13.9. The fourth-order valence-electron chi connectivity index (χ4n) is 4.36. The molecule has 21 heavy (non-hydrogen) atoms. The summed E-state index contributed by atoms with van der Waals surface area (Å²) >= 11 is 0. The van der Waals surface area contributed by atoms with Crippen LogP contribution in [0.3, 0.4) is 0 Å². The second-order valence-corrected chi connectivity index (χ2v) is 7.46. The predicted octanol–water partition coefficient (Wildman–Crippen LogP) is 2.73. The Kier molecular flexibility index (Phi) is 5.67. The Labute approximate surface area is 129 Å². The summed E-state index contributed by atoms with van der Waals surface area (Å²) in [5.41, 5.74) is -0.692. The Balaban J connectivity index is 2.05. The minimum absolute atomic E-state index is 0.435. The van der Waals surface area contributed by atoms with Crippen LogP contribution in [0.5, 0.6) is 0 Å². The van der Waals surface area contributed by atoms with Crippen molar-refractivity contribution in [2.75, 3.05) is 19.6 Å². The quantitative estimate of drug-likeness (QED) is 0.819. The Morgan fingerprint density at radius 3 is 2.57 bits per heavy atom. The molecular formula is C17H32N2O2. The highest BCUT2D eigenvalue weighted by Gasteiger charge is 2.44. The average Bonchev–Trinajstić information content (AvgIpc) is 2.44. The normalized spacial score (nSPS) is 38.3. The SMILES string of the molecule is CCCNC1(C(=O)O)CCCC(N2CC(C)CC(C)C2)C1. The van der Waals surface area contributed by atoms with Crippen molar-refractivity contribution >= 4 is 5.97 Å². The molecule has 1 saturated heterocycles. The maximum Gasteiger partial charge on any atom is 0.323 e. The van der Waals surface area contributed by atoms with E-state index in [2.05, 4.69) is 31.0 Å². The van der Waals surface area contributed by atoms with E-state index in [1.165, 1.54) is 6.42 Å². The Bertz CT molecular complexity index is 351. The molecule has 122 valence electrons. The van der Waals surface area contributed by atoms with E-state index in [0.29, 0.717) is 6.04 Å². The van der Waals surface area contributed by atoms with Crippen LogP contribution in [0.1, 0.15) is 59.3 Å². The van der Waals surface area contributed by atoms with Crippen LogP contribution in [-0.2, 0) is 4.79 Å². The summed E-state index contributed by atoms with van der Waals surface area (Å²) in [6.45, 7) is 9.82. The lowest BCUT2D eigenvalue weighted by molar-refractivity contribution is -0.147. The molecule has 4 nitrogen and oxygen atoms in total. The molecule has 2 N–H and O–H groups in total. The molecule has 0 aromatic heterocycles. The molecule has 1 aliphatic heterocycles. The zero-order valence-electron chi connectivity index (χ0n) is 13.9. The van der Waals surface area contributed by atoms with Crippen molar-refractivity contribution in [1.82, 2.24) is 10.2 Å². The number of carbonyl (C=O) groups is 1. The summed E-state index contributed by atoms with van der Waals surface area (Å²) in [6.07, 6.45) is 6.01. The molecule has 4 atom stereocenters. The number of aliphatic carboxylic acids is 1. The number of hydrogen-bond acceptors (Lipinski definition) is 3. The van der Waals surface area contributed by atoms with Gasteiger partial charge in [-0.05, 0) is 56.9 Å². The number of piperidine rings is 1. The number of nitrogens with zero attached hydrogens (tertiary/aromatic N) is 1. The van der Waals surface area contributed by atoms with Crippen LogP contribution in [0, 0.1) is 11.8 Å². The number of nitrogens with one attached hydrogen (secondary N) is 1. The van der Waals surface area contributed by atoms with Crippen molar-refractivity contribution < 1.29 is 9.90 Å². The largest absolute Gasteiger partial charge is 0.480 e. The number of carboxylic acids is 1. The van der Waals surface area contributed by atoms with Crippen LogP contribution in [-0.4, -0.2) is 47.2 Å². The number of likely N-dealkylation sites (tertiary alicyclic amines) is 1. The summed E-state index contributed by atoms with van der Waals surface area (Å²) in [4.78, 5) is 14.4. The monoisotopic (exact) mass is 296 g/mol. The lowest BCUT2D eigenvalue weighted by Gasteiger charge is -2.46. The highest BCUT2D eigenvalue weighted by Crippen LogP contribution is 2.34. The van der Waals surface area contributed by atoms with Gasteiger partial charge in [-0.1, -0.05) is 20.8 Å². The van der Waals surface area contributed by atoms with Gasteiger partial charge in [0.15, 0.2) is 0 Å². The van der Waals surface area contributed by atoms with Gasteiger partial charge in [0.25, 0.3) is 0 Å². The van der Waals surface area contributed by atoms with Crippen LogP contribution in [0.15, 0.2) is 0 Å². The molecule has 0 radical (unpaired) electrons. The predicted molar refractivity (Wildman–Crippen MR) is 85.4 cm³/mol. The second kappa shape index (κ2) is 7.10. The second-order valence-electron chi connectivity index (χ2n) is 7.46. The van der Waals surface area contributed by atoms with E-state index in [-0.39, 0.29) is 0 Å². The van der Waals surface area contributed by atoms with Crippen molar-refractivity contribution in [3.63, 3.8) is 0 Å².